The van der Waals surface area contributed by atoms with Crippen LogP contribution in [0, 0.1) is 0 Å². The van der Waals surface area contributed by atoms with Crippen molar-refractivity contribution in [3.05, 3.63) is 64.7 Å². The molecule has 1 aliphatic rings. The van der Waals surface area contributed by atoms with Gasteiger partial charge < -0.3 is 19.3 Å². The molecule has 2 amide bonds. The van der Waals surface area contributed by atoms with E-state index in [1.807, 2.05) is 22.9 Å². The van der Waals surface area contributed by atoms with E-state index in [1.54, 1.807) is 13.8 Å². The average molecular weight is 523 g/mol. The summed E-state index contributed by atoms with van der Waals surface area (Å²) >= 11 is 0. The largest absolute Gasteiger partial charge is 0.476 e. The predicted molar refractivity (Wildman–Crippen MR) is 153 cm³/mol. The maximum Gasteiger partial charge on any atom is 0.349 e. The Hall–Kier alpha value is -3.02. The molecule has 6 nitrogen and oxygen atoms in total. The van der Waals surface area contributed by atoms with Crippen molar-refractivity contribution >= 4 is 12.0 Å². The summed E-state index contributed by atoms with van der Waals surface area (Å²) in [6.45, 7) is 13.6. The van der Waals surface area contributed by atoms with Crippen LogP contribution in [-0.4, -0.2) is 54.1 Å². The molecule has 0 aliphatic carbocycles. The second-order valence-corrected chi connectivity index (χ2v) is 12.1. The molecule has 1 saturated heterocycles. The van der Waals surface area contributed by atoms with Gasteiger partial charge >= 0.3 is 12.0 Å². The molecule has 0 aromatic heterocycles. The van der Waals surface area contributed by atoms with Gasteiger partial charge in [-0.15, -0.1) is 0 Å². The molecule has 6 heteroatoms. The molecular formula is C32H46N2O4. The lowest BCUT2D eigenvalue weighted by Gasteiger charge is -2.25. The monoisotopic (exact) mass is 522 g/mol. The SMILES string of the molecule is CCCc1cc(CCCC2CN(Cc3ccc(C(C)(C)C)cc3)C(=O)N2C)ccc1OC(C)(C)C(=O)OC. The average Bonchev–Trinajstić information content (AvgIpc) is 3.12. The highest BCUT2D eigenvalue weighted by Crippen LogP contribution is 2.28. The normalized spacial score (nSPS) is 16.2. The molecule has 208 valence electrons. The number of hydrogen-bond acceptors (Lipinski definition) is 4. The number of amides is 2. The van der Waals surface area contributed by atoms with Crippen molar-refractivity contribution in [2.75, 3.05) is 20.7 Å². The Bertz CT molecular complexity index is 1100. The highest BCUT2D eigenvalue weighted by molar-refractivity contribution is 5.79. The van der Waals surface area contributed by atoms with Crippen LogP contribution in [0.5, 0.6) is 5.75 Å². The van der Waals surface area contributed by atoms with E-state index in [4.69, 9.17) is 9.47 Å². The van der Waals surface area contributed by atoms with Gasteiger partial charge in [-0.2, -0.15) is 0 Å². The highest BCUT2D eigenvalue weighted by atomic mass is 16.6. The Labute approximate surface area is 229 Å². The Morgan fingerprint density at radius 1 is 1.00 bits per heavy atom. The van der Waals surface area contributed by atoms with E-state index in [0.29, 0.717) is 6.54 Å². The van der Waals surface area contributed by atoms with Crippen molar-refractivity contribution in [2.24, 2.45) is 0 Å². The molecule has 0 N–H and O–H groups in total. The Morgan fingerprint density at radius 3 is 2.26 bits per heavy atom. The lowest BCUT2D eigenvalue weighted by molar-refractivity contribution is -0.156. The first-order valence-corrected chi connectivity index (χ1v) is 13.9. The number of ether oxygens (including phenoxy) is 2. The van der Waals surface area contributed by atoms with E-state index in [1.165, 1.54) is 23.8 Å². The number of esters is 1. The number of hydrogen-bond donors (Lipinski definition) is 0. The fraction of sp³-hybridized carbons (Fsp3) is 0.562. The van der Waals surface area contributed by atoms with Crippen molar-refractivity contribution in [1.82, 2.24) is 9.80 Å². The third-order valence-corrected chi connectivity index (χ3v) is 7.43. The number of benzene rings is 2. The summed E-state index contributed by atoms with van der Waals surface area (Å²) in [5.74, 6) is 0.341. The fourth-order valence-electron chi connectivity index (χ4n) is 5.04. The van der Waals surface area contributed by atoms with Crippen molar-refractivity contribution in [3.63, 3.8) is 0 Å². The number of likely N-dealkylation sites (N-methyl/N-ethyl adjacent to an activating group) is 1. The van der Waals surface area contributed by atoms with Crippen LogP contribution >= 0.6 is 0 Å². The van der Waals surface area contributed by atoms with Crippen LogP contribution in [0.4, 0.5) is 4.79 Å². The van der Waals surface area contributed by atoms with Crippen LogP contribution in [-0.2, 0) is 34.3 Å². The zero-order valence-electron chi connectivity index (χ0n) is 24.6. The Morgan fingerprint density at radius 2 is 1.66 bits per heavy atom. The maximum absolute atomic E-state index is 12.9. The molecule has 2 aromatic carbocycles. The van der Waals surface area contributed by atoms with E-state index >= 15 is 0 Å². The summed E-state index contributed by atoms with van der Waals surface area (Å²) < 4.78 is 11.0. The first kappa shape index (κ1) is 29.5. The molecule has 1 heterocycles. The van der Waals surface area contributed by atoms with Crippen LogP contribution in [0.25, 0.3) is 0 Å². The molecule has 38 heavy (non-hydrogen) atoms. The molecule has 0 saturated carbocycles. The molecule has 1 aliphatic heterocycles. The van der Waals surface area contributed by atoms with Gasteiger partial charge in [-0.25, -0.2) is 9.59 Å². The minimum absolute atomic E-state index is 0.106. The number of nitrogens with zero attached hydrogens (tertiary/aromatic N) is 2. The van der Waals surface area contributed by atoms with Gasteiger partial charge in [-0.1, -0.05) is 70.5 Å². The minimum atomic E-state index is -1.04. The molecule has 1 atom stereocenters. The molecular weight excluding hydrogens is 476 g/mol. The van der Waals surface area contributed by atoms with E-state index in [2.05, 4.69) is 64.1 Å². The summed E-state index contributed by atoms with van der Waals surface area (Å²) in [6, 6.07) is 15.2. The maximum atomic E-state index is 12.9. The Balaban J connectivity index is 1.57. The van der Waals surface area contributed by atoms with E-state index in [9.17, 15) is 9.59 Å². The van der Waals surface area contributed by atoms with E-state index in [-0.39, 0.29) is 17.5 Å². The molecule has 0 spiro atoms. The van der Waals surface area contributed by atoms with E-state index < -0.39 is 11.6 Å². The molecule has 0 radical (unpaired) electrons. The first-order valence-electron chi connectivity index (χ1n) is 13.9. The second-order valence-electron chi connectivity index (χ2n) is 12.1. The standard InChI is InChI=1S/C32H46N2O4/c1-9-11-25-20-23(16-19-28(25)38-32(5,6)29(35)37-8)12-10-13-27-22-34(30(36)33(27)7)21-24-14-17-26(18-15-24)31(2,3)4/h14-20,27H,9-13,21-22H2,1-8H3. The van der Waals surface area contributed by atoms with Crippen molar-refractivity contribution in [3.8, 4) is 5.75 Å². The van der Waals surface area contributed by atoms with Gasteiger partial charge in [0.2, 0.25) is 0 Å². The third-order valence-electron chi connectivity index (χ3n) is 7.43. The smallest absolute Gasteiger partial charge is 0.349 e. The van der Waals surface area contributed by atoms with Crippen LogP contribution in [0.1, 0.15) is 83.1 Å². The minimum Gasteiger partial charge on any atom is -0.476 e. The van der Waals surface area contributed by atoms with Crippen molar-refractivity contribution in [1.29, 1.82) is 0 Å². The zero-order valence-corrected chi connectivity index (χ0v) is 24.6. The van der Waals surface area contributed by atoms with Gasteiger partial charge in [0.1, 0.15) is 5.75 Å². The summed E-state index contributed by atoms with van der Waals surface area (Å²) in [7, 11) is 3.30. The van der Waals surface area contributed by atoms with E-state index in [0.717, 1.165) is 50.0 Å². The van der Waals surface area contributed by atoms with Gasteiger partial charge in [-0.3, -0.25) is 0 Å². The summed E-state index contributed by atoms with van der Waals surface area (Å²) in [4.78, 5) is 28.9. The summed E-state index contributed by atoms with van der Waals surface area (Å²) in [5, 5.41) is 0. The van der Waals surface area contributed by atoms with Crippen LogP contribution in [0.15, 0.2) is 42.5 Å². The quantitative estimate of drug-likeness (QED) is 0.315. The predicted octanol–water partition coefficient (Wildman–Crippen LogP) is 6.53. The number of carbonyl (C=O) groups is 2. The van der Waals surface area contributed by atoms with Gasteiger partial charge in [0, 0.05) is 20.1 Å². The van der Waals surface area contributed by atoms with Crippen LogP contribution in [0.2, 0.25) is 0 Å². The van der Waals surface area contributed by atoms with Crippen molar-refractivity contribution < 1.29 is 19.1 Å². The molecule has 1 unspecified atom stereocenters. The van der Waals surface area contributed by atoms with Crippen LogP contribution < -0.4 is 4.74 Å². The van der Waals surface area contributed by atoms with Gasteiger partial charge in [-0.05, 0) is 73.3 Å². The summed E-state index contributed by atoms with van der Waals surface area (Å²) in [6.07, 6.45) is 4.76. The molecule has 1 fully saturated rings. The lowest BCUT2D eigenvalue weighted by Crippen LogP contribution is -2.39. The Kier molecular flexibility index (Phi) is 9.50. The highest BCUT2D eigenvalue weighted by Gasteiger charge is 2.34. The lowest BCUT2D eigenvalue weighted by atomic mass is 9.87. The molecule has 2 aromatic rings. The van der Waals surface area contributed by atoms with Crippen LogP contribution in [0.3, 0.4) is 0 Å². The van der Waals surface area contributed by atoms with Gasteiger partial charge in [0.25, 0.3) is 0 Å². The fourth-order valence-corrected chi connectivity index (χ4v) is 5.04. The number of methoxy groups -OCH3 is 1. The molecule has 0 bridgehead atoms. The molecule has 3 rings (SSSR count). The second kappa shape index (κ2) is 12.2. The number of aryl methyl sites for hydroxylation is 2. The number of urea groups is 1. The van der Waals surface area contributed by atoms with Crippen molar-refractivity contribution in [2.45, 2.75) is 97.2 Å². The zero-order chi connectivity index (χ0) is 28.1. The first-order chi connectivity index (χ1) is 17.9. The summed E-state index contributed by atoms with van der Waals surface area (Å²) in [5.41, 5.74) is 3.91. The number of rotatable bonds is 11. The van der Waals surface area contributed by atoms with Gasteiger partial charge in [0.05, 0.1) is 13.2 Å². The van der Waals surface area contributed by atoms with Gasteiger partial charge in [0.15, 0.2) is 5.60 Å². The number of carbonyl (C=O) groups excluding carboxylic acids is 2. The third kappa shape index (κ3) is 7.30. The topological polar surface area (TPSA) is 59.1 Å².